The van der Waals surface area contributed by atoms with Gasteiger partial charge in [0.05, 0.1) is 25.6 Å². The highest BCUT2D eigenvalue weighted by Gasteiger charge is 2.56. The van der Waals surface area contributed by atoms with Gasteiger partial charge in [0.15, 0.2) is 28.9 Å². The Morgan fingerprint density at radius 3 is 2.58 bits per heavy atom. The quantitative estimate of drug-likeness (QED) is 0.0912. The van der Waals surface area contributed by atoms with E-state index in [2.05, 4.69) is 30.7 Å². The van der Waals surface area contributed by atoms with Crippen LogP contribution in [0.3, 0.4) is 0 Å². The van der Waals surface area contributed by atoms with Crippen LogP contribution in [-0.2, 0) is 28.1 Å². The summed E-state index contributed by atoms with van der Waals surface area (Å²) < 4.78 is 59.1. The van der Waals surface area contributed by atoms with E-state index < -0.39 is 62.7 Å². The number of aliphatic hydroxyl groups is 1. The summed E-state index contributed by atoms with van der Waals surface area (Å²) in [4.78, 5) is 37.7. The fraction of sp³-hybridized carbons (Fsp3) is 0.567. The average Bonchev–Trinajstić information content (AvgIpc) is 3.55. The number of carbonyl (C=O) groups is 2. The van der Waals surface area contributed by atoms with E-state index in [0.29, 0.717) is 6.42 Å². The van der Waals surface area contributed by atoms with Crippen LogP contribution in [0.25, 0.3) is 11.2 Å². The number of ether oxygens (including phenoxy) is 3. The number of halogens is 1. The molecule has 48 heavy (non-hydrogen) atoms. The summed E-state index contributed by atoms with van der Waals surface area (Å²) >= 11 is 0. The van der Waals surface area contributed by atoms with Crippen LogP contribution >= 0.6 is 7.75 Å². The van der Waals surface area contributed by atoms with Crippen molar-refractivity contribution in [3.8, 4) is 5.75 Å². The fourth-order valence-corrected chi connectivity index (χ4v) is 6.32. The number of aromatic nitrogens is 4. The molecule has 0 saturated carbocycles. The van der Waals surface area contributed by atoms with Gasteiger partial charge in [-0.05, 0) is 46.2 Å². The summed E-state index contributed by atoms with van der Waals surface area (Å²) in [7, 11) is -2.76. The Balaban J connectivity index is 1.55. The topological polar surface area (TPSA) is 197 Å². The Kier molecular flexibility index (Phi) is 12.3. The summed E-state index contributed by atoms with van der Waals surface area (Å²) in [6.45, 7) is 7.52. The second kappa shape index (κ2) is 16.0. The third kappa shape index (κ3) is 8.96. The van der Waals surface area contributed by atoms with Crippen molar-refractivity contribution in [3.05, 3.63) is 36.7 Å². The first-order valence-electron chi connectivity index (χ1n) is 15.6. The number of nitrogens with zero attached hydrogens (tertiary/aromatic N) is 4. The molecule has 0 aliphatic carbocycles. The molecule has 1 aromatic carbocycles. The van der Waals surface area contributed by atoms with E-state index in [0.717, 1.165) is 19.8 Å². The number of rotatable bonds is 16. The highest BCUT2D eigenvalue weighted by molar-refractivity contribution is 7.52. The predicted octanol–water partition coefficient (Wildman–Crippen LogP) is 4.73. The smallest absolute Gasteiger partial charge is 0.459 e. The minimum absolute atomic E-state index is 0.0792. The molecule has 1 fully saturated rings. The van der Waals surface area contributed by atoms with Crippen LogP contribution in [0.2, 0.25) is 0 Å². The number of carbonyl (C=O) groups excluding carboxylic acids is 2. The SMILES string of the molecule is CCCCCOC(=O)Nc1nc(NC)c2ncn([C@@H]3O[C@H](CO[P@@](=O)(N[C@@H](C)C(=O)OC(C)C)Oc4ccccc4)[C@@H](O)[C@@]3(C)F)c2n1. The van der Waals surface area contributed by atoms with E-state index in [4.69, 9.17) is 23.3 Å². The Morgan fingerprint density at radius 1 is 1.19 bits per heavy atom. The summed E-state index contributed by atoms with van der Waals surface area (Å²) in [5.74, 6) is -0.442. The number of aliphatic hydroxyl groups excluding tert-OH is 1. The first kappa shape index (κ1) is 36.9. The van der Waals surface area contributed by atoms with Crippen molar-refractivity contribution in [2.24, 2.45) is 0 Å². The molecule has 0 spiro atoms. The van der Waals surface area contributed by atoms with Crippen LogP contribution in [0.1, 0.15) is 60.1 Å². The summed E-state index contributed by atoms with van der Waals surface area (Å²) in [5, 5.41) is 18.9. The van der Waals surface area contributed by atoms with E-state index in [1.807, 2.05) is 6.92 Å². The molecule has 1 aliphatic heterocycles. The lowest BCUT2D eigenvalue weighted by Crippen LogP contribution is -2.41. The normalized spacial score (nSPS) is 22.6. The van der Waals surface area contributed by atoms with Crippen molar-refractivity contribution in [1.29, 1.82) is 0 Å². The number of benzene rings is 1. The minimum Gasteiger partial charge on any atom is -0.462 e. The van der Waals surface area contributed by atoms with Crippen molar-refractivity contribution in [1.82, 2.24) is 24.6 Å². The molecule has 1 aliphatic rings. The number of esters is 1. The minimum atomic E-state index is -4.34. The van der Waals surface area contributed by atoms with Crippen LogP contribution in [0.15, 0.2) is 36.7 Å². The maximum absolute atomic E-state index is 16.3. The van der Waals surface area contributed by atoms with Gasteiger partial charge in [-0.15, -0.1) is 0 Å². The molecular formula is C30H43FN7O9P. The van der Waals surface area contributed by atoms with Gasteiger partial charge in [-0.1, -0.05) is 38.0 Å². The summed E-state index contributed by atoms with van der Waals surface area (Å²) in [6.07, 6.45) is -2.01. The van der Waals surface area contributed by atoms with Gasteiger partial charge in [0.25, 0.3) is 0 Å². The molecule has 16 nitrogen and oxygen atoms in total. The molecule has 4 N–H and O–H groups in total. The van der Waals surface area contributed by atoms with E-state index >= 15 is 4.39 Å². The molecule has 0 unspecified atom stereocenters. The van der Waals surface area contributed by atoms with Crippen molar-refractivity contribution >= 4 is 42.7 Å². The van der Waals surface area contributed by atoms with Gasteiger partial charge < -0.3 is 29.2 Å². The maximum Gasteiger partial charge on any atom is 0.459 e. The number of fused-ring (bicyclic) bond motifs is 1. The molecule has 2 aromatic heterocycles. The number of para-hydroxylation sites is 1. The molecule has 4 rings (SSSR count). The highest BCUT2D eigenvalue weighted by atomic mass is 31.2. The number of nitrogens with one attached hydrogen (secondary N) is 3. The van der Waals surface area contributed by atoms with Gasteiger partial charge in [-0.3, -0.25) is 19.2 Å². The number of unbranched alkanes of at least 4 members (excludes halogenated alkanes) is 2. The van der Waals surface area contributed by atoms with E-state index in [-0.39, 0.29) is 35.3 Å². The molecule has 1 amide bonds. The van der Waals surface area contributed by atoms with Crippen molar-refractivity contribution in [3.63, 3.8) is 0 Å². The van der Waals surface area contributed by atoms with Gasteiger partial charge >= 0.3 is 19.8 Å². The number of hydrogen-bond donors (Lipinski definition) is 4. The second-order valence-electron chi connectivity index (χ2n) is 11.6. The van der Waals surface area contributed by atoms with Crippen LogP contribution < -0.4 is 20.2 Å². The Labute approximate surface area is 277 Å². The Morgan fingerprint density at radius 2 is 1.92 bits per heavy atom. The zero-order chi connectivity index (χ0) is 35.1. The Bertz CT molecular complexity index is 1590. The van der Waals surface area contributed by atoms with Gasteiger partial charge in [0.2, 0.25) is 5.95 Å². The summed E-state index contributed by atoms with van der Waals surface area (Å²) in [5.41, 5.74) is -2.12. The highest BCUT2D eigenvalue weighted by Crippen LogP contribution is 2.48. The van der Waals surface area contributed by atoms with Gasteiger partial charge in [-0.2, -0.15) is 15.1 Å². The number of hydrogen-bond acceptors (Lipinski definition) is 13. The van der Waals surface area contributed by atoms with Crippen LogP contribution in [-0.4, -0.2) is 87.0 Å². The van der Waals surface area contributed by atoms with Crippen molar-refractivity contribution in [2.45, 2.75) is 90.1 Å². The number of anilines is 2. The van der Waals surface area contributed by atoms with Gasteiger partial charge in [-0.25, -0.2) is 18.7 Å². The molecule has 1 saturated heterocycles. The molecule has 264 valence electrons. The lowest BCUT2D eigenvalue weighted by atomic mass is 9.98. The predicted molar refractivity (Wildman–Crippen MR) is 173 cm³/mol. The molecule has 18 heteroatoms. The van der Waals surface area contributed by atoms with Crippen LogP contribution in [0.4, 0.5) is 21.0 Å². The number of amides is 1. The molecular weight excluding hydrogens is 652 g/mol. The maximum atomic E-state index is 16.3. The summed E-state index contributed by atoms with van der Waals surface area (Å²) in [6, 6.07) is 6.97. The monoisotopic (exact) mass is 695 g/mol. The van der Waals surface area contributed by atoms with Crippen LogP contribution in [0.5, 0.6) is 5.75 Å². The Hall–Kier alpha value is -3.89. The van der Waals surface area contributed by atoms with E-state index in [1.165, 1.54) is 30.0 Å². The van der Waals surface area contributed by atoms with Gasteiger partial charge in [0.1, 0.15) is 24.0 Å². The lowest BCUT2D eigenvalue weighted by molar-refractivity contribution is -0.149. The lowest BCUT2D eigenvalue weighted by Gasteiger charge is -2.25. The van der Waals surface area contributed by atoms with Crippen molar-refractivity contribution < 1.29 is 46.9 Å². The second-order valence-corrected chi connectivity index (χ2v) is 13.3. The molecule has 0 radical (unpaired) electrons. The first-order valence-corrected chi connectivity index (χ1v) is 17.2. The molecule has 0 bridgehead atoms. The molecule has 6 atom stereocenters. The van der Waals surface area contributed by atoms with E-state index in [1.54, 1.807) is 39.1 Å². The molecule has 3 heterocycles. The van der Waals surface area contributed by atoms with Gasteiger partial charge in [0, 0.05) is 7.05 Å². The third-order valence-corrected chi connectivity index (χ3v) is 8.90. The zero-order valence-electron chi connectivity index (χ0n) is 27.7. The number of alkyl halides is 1. The van der Waals surface area contributed by atoms with Crippen molar-refractivity contribution in [2.75, 3.05) is 30.9 Å². The largest absolute Gasteiger partial charge is 0.462 e. The zero-order valence-corrected chi connectivity index (χ0v) is 28.6. The average molecular weight is 696 g/mol. The first-order chi connectivity index (χ1) is 22.8. The third-order valence-electron chi connectivity index (χ3n) is 7.26. The fourth-order valence-electron chi connectivity index (χ4n) is 4.82. The van der Waals surface area contributed by atoms with Crippen LogP contribution in [0, 0.1) is 0 Å². The molecule has 3 aromatic rings. The van der Waals surface area contributed by atoms with E-state index in [9.17, 15) is 19.3 Å². The standard InChI is InChI=1S/C30H43FN7O9P/c1-7-8-12-15-43-29(41)36-28-34-24(32-6)22-25(35-28)38(17-33-22)27-30(5,31)23(39)21(46-27)16-44-48(42,47-20-13-10-9-11-14-20)37-19(4)26(40)45-18(2)3/h9-11,13-14,17-19,21,23,27,39H,7-8,12,15-16H2,1-6H3,(H,37,42)(H2,32,34,35,36,41)/t19-,21+,23+,27+,30+,48-/m0/s1. The number of imidazole rings is 1.